The number of nitrogens with two attached hydrogens (primary N) is 1. The highest BCUT2D eigenvalue weighted by molar-refractivity contribution is 7.90. The van der Waals surface area contributed by atoms with Crippen molar-refractivity contribution >= 4 is 17.3 Å². The number of carbonyl (C=O) groups is 1. The summed E-state index contributed by atoms with van der Waals surface area (Å²) in [5, 5.41) is 0. The molecular formula is C10H13FN2O2S. The Morgan fingerprint density at radius 3 is 2.94 bits per heavy atom. The number of benzene rings is 1. The Morgan fingerprint density at radius 2 is 2.38 bits per heavy atom. The summed E-state index contributed by atoms with van der Waals surface area (Å²) in [6.45, 7) is 1.75. The summed E-state index contributed by atoms with van der Waals surface area (Å²) in [6.07, 6.45) is 0.451. The maximum absolute atomic E-state index is 12.8. The van der Waals surface area contributed by atoms with E-state index in [4.69, 9.17) is 5.73 Å². The van der Waals surface area contributed by atoms with Crippen LogP contribution in [0.2, 0.25) is 0 Å². The lowest BCUT2D eigenvalue weighted by atomic mass is 10.2. The summed E-state index contributed by atoms with van der Waals surface area (Å²) in [4.78, 5) is 11.5. The van der Waals surface area contributed by atoms with Gasteiger partial charge in [0.15, 0.2) is 4.90 Å². The number of rotatable bonds is 4. The normalized spacial score (nSPS) is 14.2. The van der Waals surface area contributed by atoms with E-state index in [0.717, 1.165) is 6.07 Å². The van der Waals surface area contributed by atoms with E-state index >= 15 is 0 Å². The zero-order valence-electron chi connectivity index (χ0n) is 8.77. The highest BCUT2D eigenvalue weighted by Gasteiger charge is 2.19. The third kappa shape index (κ3) is 3.48. The summed E-state index contributed by atoms with van der Waals surface area (Å²) in [5.74, 6) is -1.01. The van der Waals surface area contributed by atoms with Crippen molar-refractivity contribution in [3.8, 4) is 0 Å². The van der Waals surface area contributed by atoms with Crippen molar-refractivity contribution in [3.63, 3.8) is 0 Å². The average molecular weight is 244 g/mol. The fourth-order valence-corrected chi connectivity index (χ4v) is 1.87. The molecule has 2 atom stereocenters. The lowest BCUT2D eigenvalue weighted by molar-refractivity contribution is -0.120. The van der Waals surface area contributed by atoms with Crippen LogP contribution in [0, 0.1) is 5.82 Å². The van der Waals surface area contributed by atoms with E-state index in [1.54, 1.807) is 6.92 Å². The van der Waals surface area contributed by atoms with Crippen LogP contribution in [-0.2, 0) is 16.2 Å². The molecule has 0 aromatic heterocycles. The second kappa shape index (κ2) is 5.83. The molecule has 0 aliphatic carbocycles. The molecule has 0 fully saturated rings. The summed E-state index contributed by atoms with van der Waals surface area (Å²) >= 11 is -1.77. The standard InChI is InChI=1S/C10H13FN2O2S/c1-2-9(12)10(14)13-16(15)8-5-3-4-7(11)6-8/h3-6,9H,2,12H2,1H3,(H,13,14). The first-order chi connectivity index (χ1) is 7.54. The Kier molecular flexibility index (Phi) is 4.72. The molecule has 0 saturated carbocycles. The summed E-state index contributed by atoms with van der Waals surface area (Å²) in [6, 6.07) is 4.54. The highest BCUT2D eigenvalue weighted by atomic mass is 32.2. The van der Waals surface area contributed by atoms with Gasteiger partial charge in [0, 0.05) is 6.07 Å². The number of halogens is 1. The van der Waals surface area contributed by atoms with Crippen molar-refractivity contribution in [1.82, 2.24) is 4.72 Å². The third-order valence-electron chi connectivity index (χ3n) is 1.98. The van der Waals surface area contributed by atoms with Gasteiger partial charge in [0.2, 0.25) is 0 Å². The maximum atomic E-state index is 12.8. The second-order valence-electron chi connectivity index (χ2n) is 3.21. The minimum Gasteiger partial charge on any atom is -0.588 e. The molecule has 4 nitrogen and oxygen atoms in total. The largest absolute Gasteiger partial charge is 0.588 e. The van der Waals surface area contributed by atoms with Gasteiger partial charge in [-0.15, -0.1) is 0 Å². The molecule has 88 valence electrons. The van der Waals surface area contributed by atoms with E-state index in [2.05, 4.69) is 4.72 Å². The first kappa shape index (κ1) is 13.0. The Bertz CT molecular complexity index is 376. The Morgan fingerprint density at radius 1 is 1.69 bits per heavy atom. The highest BCUT2D eigenvalue weighted by Crippen LogP contribution is 2.10. The van der Waals surface area contributed by atoms with Gasteiger partial charge in [0.1, 0.15) is 17.2 Å². The van der Waals surface area contributed by atoms with Crippen molar-refractivity contribution < 1.29 is 13.7 Å². The first-order valence-electron chi connectivity index (χ1n) is 4.78. The molecule has 0 spiro atoms. The van der Waals surface area contributed by atoms with Gasteiger partial charge in [-0.3, -0.25) is 4.79 Å². The molecular weight excluding hydrogens is 231 g/mol. The zero-order valence-corrected chi connectivity index (χ0v) is 9.59. The number of nitrogens with one attached hydrogen (secondary N) is 1. The predicted octanol–water partition coefficient (Wildman–Crippen LogP) is 0.702. The molecule has 1 amide bonds. The van der Waals surface area contributed by atoms with Crippen LogP contribution in [0.1, 0.15) is 13.3 Å². The van der Waals surface area contributed by atoms with Crippen molar-refractivity contribution in [2.75, 3.05) is 0 Å². The Labute approximate surface area is 96.3 Å². The number of hydrogen-bond donors (Lipinski definition) is 2. The zero-order chi connectivity index (χ0) is 12.1. The molecule has 1 rings (SSSR count). The predicted molar refractivity (Wildman–Crippen MR) is 59.2 cm³/mol. The lowest BCUT2D eigenvalue weighted by Gasteiger charge is -2.12. The smallest absolute Gasteiger partial charge is 0.278 e. The molecule has 1 aromatic carbocycles. The molecule has 2 unspecified atom stereocenters. The second-order valence-corrected chi connectivity index (χ2v) is 4.42. The van der Waals surface area contributed by atoms with Crippen molar-refractivity contribution in [3.05, 3.63) is 30.1 Å². The van der Waals surface area contributed by atoms with Crippen molar-refractivity contribution in [2.24, 2.45) is 5.73 Å². The minimum atomic E-state index is -1.77. The molecule has 6 heteroatoms. The van der Waals surface area contributed by atoms with Crippen LogP contribution in [0.25, 0.3) is 0 Å². The van der Waals surface area contributed by atoms with Crippen molar-refractivity contribution in [2.45, 2.75) is 24.3 Å². The number of carbonyl (C=O) groups excluding carboxylic acids is 1. The van der Waals surface area contributed by atoms with E-state index in [0.29, 0.717) is 6.42 Å². The van der Waals surface area contributed by atoms with Crippen molar-refractivity contribution in [1.29, 1.82) is 0 Å². The quantitative estimate of drug-likeness (QED) is 0.765. The molecule has 0 heterocycles. The molecule has 0 bridgehead atoms. The van der Waals surface area contributed by atoms with Crippen LogP contribution >= 0.6 is 0 Å². The van der Waals surface area contributed by atoms with Crippen LogP contribution in [0.15, 0.2) is 29.2 Å². The Hall–Kier alpha value is -1.11. The topological polar surface area (TPSA) is 78.2 Å². The summed E-state index contributed by atoms with van der Waals surface area (Å²) < 4.78 is 26.6. The van der Waals surface area contributed by atoms with E-state index < -0.39 is 29.1 Å². The van der Waals surface area contributed by atoms with Crippen LogP contribution in [0.4, 0.5) is 4.39 Å². The first-order valence-corrected chi connectivity index (χ1v) is 5.93. The summed E-state index contributed by atoms with van der Waals surface area (Å²) in [7, 11) is 0. The molecule has 0 aliphatic rings. The fraction of sp³-hybridized carbons (Fsp3) is 0.300. The van der Waals surface area contributed by atoms with Crippen LogP contribution in [-0.4, -0.2) is 16.5 Å². The van der Waals surface area contributed by atoms with E-state index in [1.807, 2.05) is 0 Å². The molecule has 1 aromatic rings. The van der Waals surface area contributed by atoms with Gasteiger partial charge >= 0.3 is 0 Å². The molecule has 16 heavy (non-hydrogen) atoms. The Balaban J connectivity index is 2.65. The van der Waals surface area contributed by atoms with E-state index in [9.17, 15) is 13.7 Å². The van der Waals surface area contributed by atoms with E-state index in [1.165, 1.54) is 18.2 Å². The number of hydrogen-bond acceptors (Lipinski definition) is 3. The lowest BCUT2D eigenvalue weighted by Crippen LogP contribution is -2.42. The molecule has 0 aliphatic heterocycles. The van der Waals surface area contributed by atoms with Gasteiger partial charge in [-0.05, 0) is 18.6 Å². The average Bonchev–Trinajstić information content (AvgIpc) is 2.27. The van der Waals surface area contributed by atoms with Crippen LogP contribution in [0.5, 0.6) is 0 Å². The van der Waals surface area contributed by atoms with Gasteiger partial charge in [0.05, 0.1) is 6.04 Å². The monoisotopic (exact) mass is 244 g/mol. The molecule has 0 saturated heterocycles. The van der Waals surface area contributed by atoms with Gasteiger partial charge in [0.25, 0.3) is 5.91 Å². The van der Waals surface area contributed by atoms with Gasteiger partial charge < -0.3 is 10.3 Å². The third-order valence-corrected chi connectivity index (χ3v) is 3.05. The fourth-order valence-electron chi connectivity index (χ4n) is 0.994. The minimum absolute atomic E-state index is 0.205. The molecule has 0 radical (unpaired) electrons. The molecule has 3 N–H and O–H groups in total. The SMILES string of the molecule is CCC(N)C(=O)N[S+]([O-])c1cccc(F)c1. The number of amides is 1. The van der Waals surface area contributed by atoms with Crippen LogP contribution < -0.4 is 10.5 Å². The van der Waals surface area contributed by atoms with Gasteiger partial charge in [-0.25, -0.2) is 4.39 Å². The van der Waals surface area contributed by atoms with Gasteiger partial charge in [-0.2, -0.15) is 4.72 Å². The van der Waals surface area contributed by atoms with Crippen LogP contribution in [0.3, 0.4) is 0 Å². The summed E-state index contributed by atoms with van der Waals surface area (Å²) in [5.41, 5.74) is 5.45. The van der Waals surface area contributed by atoms with Gasteiger partial charge in [-0.1, -0.05) is 13.0 Å². The van der Waals surface area contributed by atoms with E-state index in [-0.39, 0.29) is 4.90 Å². The maximum Gasteiger partial charge on any atom is 0.278 e.